The van der Waals surface area contributed by atoms with E-state index >= 15 is 0 Å². The van der Waals surface area contributed by atoms with Gasteiger partial charge in [-0.05, 0) is 26.2 Å². The van der Waals surface area contributed by atoms with E-state index < -0.39 is 0 Å². The topological polar surface area (TPSA) is 63.2 Å². The van der Waals surface area contributed by atoms with Crippen LogP contribution in [-0.4, -0.2) is 41.2 Å². The predicted octanol–water partition coefficient (Wildman–Crippen LogP) is 2.96. The molecule has 0 radical (unpaired) electrons. The summed E-state index contributed by atoms with van der Waals surface area (Å²) in [5.74, 6) is 1.82. The molecule has 120 valence electrons. The first kappa shape index (κ1) is 17.5. The van der Waals surface area contributed by atoms with Gasteiger partial charge in [0.05, 0.1) is 6.10 Å². The number of rotatable bonds is 9. The van der Waals surface area contributed by atoms with Crippen molar-refractivity contribution in [3.05, 3.63) is 0 Å². The van der Waals surface area contributed by atoms with Gasteiger partial charge >= 0.3 is 6.01 Å². The molecular formula is C15H29N5O. The zero-order chi connectivity index (χ0) is 15.8. The lowest BCUT2D eigenvalue weighted by molar-refractivity contribution is 0.222. The fourth-order valence-corrected chi connectivity index (χ4v) is 1.77. The normalized spacial score (nSPS) is 12.3. The van der Waals surface area contributed by atoms with Gasteiger partial charge in [0.25, 0.3) is 0 Å². The fraction of sp³-hybridized carbons (Fsp3) is 0.800. The van der Waals surface area contributed by atoms with Gasteiger partial charge in [-0.25, -0.2) is 0 Å². The summed E-state index contributed by atoms with van der Waals surface area (Å²) in [6.45, 7) is 12.2. The van der Waals surface area contributed by atoms with Gasteiger partial charge in [-0.15, -0.1) is 0 Å². The lowest BCUT2D eigenvalue weighted by Crippen LogP contribution is -2.26. The lowest BCUT2D eigenvalue weighted by atomic mass is 10.1. The van der Waals surface area contributed by atoms with Crippen LogP contribution in [0.2, 0.25) is 0 Å². The molecule has 0 amide bonds. The molecule has 1 aromatic rings. The predicted molar refractivity (Wildman–Crippen MR) is 87.1 cm³/mol. The van der Waals surface area contributed by atoms with Gasteiger partial charge in [0.1, 0.15) is 0 Å². The Morgan fingerprint density at radius 2 is 1.86 bits per heavy atom. The van der Waals surface area contributed by atoms with Gasteiger partial charge in [0, 0.05) is 20.1 Å². The van der Waals surface area contributed by atoms with Crippen LogP contribution in [0.4, 0.5) is 11.9 Å². The van der Waals surface area contributed by atoms with Crippen molar-refractivity contribution in [2.24, 2.45) is 5.92 Å². The minimum Gasteiger partial charge on any atom is -0.461 e. The Bertz CT molecular complexity index is 425. The fourth-order valence-electron chi connectivity index (χ4n) is 1.77. The van der Waals surface area contributed by atoms with E-state index in [2.05, 4.69) is 45.9 Å². The summed E-state index contributed by atoms with van der Waals surface area (Å²) in [6, 6.07) is 0.379. The van der Waals surface area contributed by atoms with Crippen LogP contribution in [0.1, 0.15) is 47.5 Å². The summed E-state index contributed by atoms with van der Waals surface area (Å²) in [7, 11) is 2.00. The van der Waals surface area contributed by atoms with Crippen molar-refractivity contribution in [3.63, 3.8) is 0 Å². The molecule has 0 aliphatic rings. The monoisotopic (exact) mass is 295 g/mol. The molecule has 0 saturated carbocycles. The van der Waals surface area contributed by atoms with Crippen molar-refractivity contribution in [3.8, 4) is 6.01 Å². The average molecular weight is 295 g/mol. The molecule has 0 aromatic carbocycles. The van der Waals surface area contributed by atoms with E-state index in [1.807, 2.05) is 20.9 Å². The van der Waals surface area contributed by atoms with Crippen LogP contribution >= 0.6 is 0 Å². The maximum Gasteiger partial charge on any atom is 0.323 e. The molecule has 0 saturated heterocycles. The summed E-state index contributed by atoms with van der Waals surface area (Å²) in [5.41, 5.74) is 0. The molecule has 21 heavy (non-hydrogen) atoms. The molecule has 0 aliphatic heterocycles. The van der Waals surface area contributed by atoms with Crippen molar-refractivity contribution < 1.29 is 4.74 Å². The Morgan fingerprint density at radius 1 is 1.14 bits per heavy atom. The summed E-state index contributed by atoms with van der Waals surface area (Å²) in [6.07, 6.45) is 2.19. The van der Waals surface area contributed by atoms with Crippen molar-refractivity contribution in [1.29, 1.82) is 0 Å². The highest BCUT2D eigenvalue weighted by molar-refractivity contribution is 5.37. The third-order valence-electron chi connectivity index (χ3n) is 3.10. The Morgan fingerprint density at radius 3 is 2.43 bits per heavy atom. The third-order valence-corrected chi connectivity index (χ3v) is 3.10. The second kappa shape index (κ2) is 8.64. The number of hydrogen-bond acceptors (Lipinski definition) is 6. The maximum absolute atomic E-state index is 5.63. The first-order chi connectivity index (χ1) is 9.96. The van der Waals surface area contributed by atoms with E-state index in [-0.39, 0.29) is 6.10 Å². The Hall–Kier alpha value is -1.59. The van der Waals surface area contributed by atoms with Gasteiger partial charge in [-0.2, -0.15) is 15.0 Å². The SMILES string of the molecule is CCCNc1nc(OC(C)C)nc(N(C)CC(C)CC)n1. The summed E-state index contributed by atoms with van der Waals surface area (Å²) in [5, 5.41) is 3.20. The maximum atomic E-state index is 5.63. The molecule has 1 aromatic heterocycles. The number of nitrogens with one attached hydrogen (secondary N) is 1. The third kappa shape index (κ3) is 6.14. The molecule has 6 heteroatoms. The van der Waals surface area contributed by atoms with Gasteiger partial charge < -0.3 is 15.0 Å². The number of aromatic nitrogens is 3. The van der Waals surface area contributed by atoms with Gasteiger partial charge in [0.15, 0.2) is 0 Å². The summed E-state index contributed by atoms with van der Waals surface area (Å²) >= 11 is 0. The molecule has 1 rings (SSSR count). The number of ether oxygens (including phenoxy) is 1. The average Bonchev–Trinajstić information content (AvgIpc) is 2.43. The van der Waals surface area contributed by atoms with Crippen LogP contribution in [0.3, 0.4) is 0 Å². The van der Waals surface area contributed by atoms with E-state index in [1.165, 1.54) is 0 Å². The van der Waals surface area contributed by atoms with Gasteiger partial charge in [0.2, 0.25) is 11.9 Å². The molecule has 1 unspecified atom stereocenters. The van der Waals surface area contributed by atoms with Crippen LogP contribution in [0.15, 0.2) is 0 Å². The zero-order valence-corrected chi connectivity index (χ0v) is 14.2. The summed E-state index contributed by atoms with van der Waals surface area (Å²) < 4.78 is 5.63. The van der Waals surface area contributed by atoms with E-state index in [4.69, 9.17) is 4.74 Å². The quantitative estimate of drug-likeness (QED) is 0.755. The molecule has 0 spiro atoms. The highest BCUT2D eigenvalue weighted by Gasteiger charge is 2.13. The van der Waals surface area contributed by atoms with Crippen LogP contribution in [0.25, 0.3) is 0 Å². The highest BCUT2D eigenvalue weighted by Crippen LogP contribution is 2.16. The Labute approximate surface area is 128 Å². The Kier molecular flexibility index (Phi) is 7.19. The summed E-state index contributed by atoms with van der Waals surface area (Å²) in [4.78, 5) is 15.3. The number of hydrogen-bond donors (Lipinski definition) is 1. The van der Waals surface area contributed by atoms with E-state index in [9.17, 15) is 0 Å². The van der Waals surface area contributed by atoms with Gasteiger partial charge in [-0.3, -0.25) is 0 Å². The second-order valence-electron chi connectivity index (χ2n) is 5.73. The van der Waals surface area contributed by atoms with Crippen LogP contribution < -0.4 is 15.0 Å². The minimum absolute atomic E-state index is 0.0409. The number of anilines is 2. The second-order valence-corrected chi connectivity index (χ2v) is 5.73. The standard InChI is InChI=1S/C15H29N5O/c1-7-9-16-13-17-14(20(6)10-12(5)8-2)19-15(18-13)21-11(3)4/h11-12H,7-10H2,1-6H3,(H,16,17,18,19). The van der Waals surface area contributed by atoms with Crippen molar-refractivity contribution in [2.45, 2.75) is 53.6 Å². The molecule has 0 fully saturated rings. The van der Waals surface area contributed by atoms with E-state index in [0.29, 0.717) is 23.8 Å². The highest BCUT2D eigenvalue weighted by atomic mass is 16.5. The first-order valence-electron chi connectivity index (χ1n) is 7.83. The molecule has 1 heterocycles. The van der Waals surface area contributed by atoms with Crippen LogP contribution in [-0.2, 0) is 0 Å². The van der Waals surface area contributed by atoms with Crippen LogP contribution in [0, 0.1) is 5.92 Å². The Balaban J connectivity index is 2.94. The minimum atomic E-state index is 0.0409. The van der Waals surface area contributed by atoms with E-state index in [1.54, 1.807) is 0 Å². The van der Waals surface area contributed by atoms with Crippen molar-refractivity contribution >= 4 is 11.9 Å². The molecule has 6 nitrogen and oxygen atoms in total. The molecule has 1 atom stereocenters. The van der Waals surface area contributed by atoms with Gasteiger partial charge in [-0.1, -0.05) is 27.2 Å². The largest absolute Gasteiger partial charge is 0.461 e. The zero-order valence-electron chi connectivity index (χ0n) is 14.2. The smallest absolute Gasteiger partial charge is 0.323 e. The molecular weight excluding hydrogens is 266 g/mol. The lowest BCUT2D eigenvalue weighted by Gasteiger charge is -2.21. The molecule has 0 bridgehead atoms. The number of nitrogens with zero attached hydrogens (tertiary/aromatic N) is 4. The van der Waals surface area contributed by atoms with E-state index in [0.717, 1.165) is 25.9 Å². The van der Waals surface area contributed by atoms with Crippen molar-refractivity contribution in [1.82, 2.24) is 15.0 Å². The first-order valence-corrected chi connectivity index (χ1v) is 7.83. The molecule has 1 N–H and O–H groups in total. The van der Waals surface area contributed by atoms with Crippen molar-refractivity contribution in [2.75, 3.05) is 30.4 Å². The molecule has 0 aliphatic carbocycles. The van der Waals surface area contributed by atoms with Crippen LogP contribution in [0.5, 0.6) is 6.01 Å².